The molecule has 0 fully saturated rings. The molecule has 6 heteroatoms. The Bertz CT molecular complexity index is 6930. The van der Waals surface area contributed by atoms with Crippen LogP contribution in [0.2, 0.25) is 0 Å². The summed E-state index contributed by atoms with van der Waals surface area (Å²) in [6, 6.07) is 76.8. The van der Waals surface area contributed by atoms with Gasteiger partial charge in [0, 0.05) is 83.3 Å². The zero-order valence-electron chi connectivity index (χ0n) is 77.0. The Morgan fingerprint density at radius 3 is 1.11 bits per heavy atom. The summed E-state index contributed by atoms with van der Waals surface area (Å²) in [5, 5.41) is 4.62. The molecular weight excluding hydrogens is 1350 g/mol. The molecule has 0 spiro atoms. The third-order valence-corrected chi connectivity index (χ3v) is 24.1. The summed E-state index contributed by atoms with van der Waals surface area (Å²) in [4.78, 5) is 5.10. The SMILES string of the molecule is [2H]c1c([2H])c([2H])c2c(c1[2H])c1c([2H])c([2H])c([2H])c([2H])c1n2-c1ccc2c(c1)N(c1ccc(C(C)(C)C)cc1-c1cc(C(C)(C)C)cc(C(C)(C)C)c1)c1cc(C(C)(C)C)cc3c1B2c1ccc(-n2c4ccccc4c4ccc5c(c6ccccc6n5-c5ccccc5)c42)cc1N3c1ccc(C(C)(C)C)cc1-c1cc(C(C)(C)C)cc(C(C)(C)C)c1. The molecule has 2 aliphatic rings. The molecule has 0 saturated carbocycles. The maximum absolute atomic E-state index is 9.93. The molecule has 0 aliphatic carbocycles. The molecular formula is C106H106BN5. The fraction of sp³-hybridized carbons (Fsp3) is 0.264. The molecule has 0 atom stereocenters. The van der Waals surface area contributed by atoms with Gasteiger partial charge < -0.3 is 23.5 Å². The van der Waals surface area contributed by atoms with E-state index in [0.29, 0.717) is 5.69 Å². The Morgan fingerprint density at radius 1 is 0.259 bits per heavy atom. The fourth-order valence-electron chi connectivity index (χ4n) is 17.7. The maximum atomic E-state index is 9.93. The summed E-state index contributed by atoms with van der Waals surface area (Å²) in [7, 11) is 0. The summed E-state index contributed by atoms with van der Waals surface area (Å²) in [6.45, 7) is 47.9. The molecule has 0 amide bonds. The van der Waals surface area contributed by atoms with Gasteiger partial charge in [-0.2, -0.15) is 0 Å². The van der Waals surface area contributed by atoms with Gasteiger partial charge >= 0.3 is 0 Å². The third-order valence-electron chi connectivity index (χ3n) is 24.1. The summed E-state index contributed by atoms with van der Waals surface area (Å²) in [6.07, 6.45) is 0. The smallest absolute Gasteiger partial charge is 0.252 e. The molecule has 3 aromatic heterocycles. The molecule has 5 nitrogen and oxygen atoms in total. The zero-order chi connectivity index (χ0) is 85.5. The van der Waals surface area contributed by atoms with Crippen molar-refractivity contribution in [1.29, 1.82) is 0 Å². The van der Waals surface area contributed by atoms with E-state index in [1.807, 2.05) is 6.07 Å². The standard InChI is InChI=1S/C106H106BN5/c1-100(2,3)67-43-50-90(82(59-67)65-53-69(102(7,8)9)57-70(54-65)103(10,11)12)111-93-63-75(109-86-39-29-25-35-77(86)78-36-26-30-40-87(78)109)45-48-84(93)107-85-49-46-76(110-88-41-31-27-37-79(88)80-47-52-92-97(99(80)110)81-38-28-32-42-89(81)108(92)74-33-23-22-24-34-74)64-94(85)112(96-62-73(106(19,20)21)61-95(111)98(96)107)91-51-44-68(101(4,5)6)60-83(91)66-55-71(104(13,14)15)58-72(56-66)105(16,17)18/h22-64H,1-21H3/i25D,26D,29D,30D,35D,36D,39D,40D. The second-order valence-corrected chi connectivity index (χ2v) is 39.0. The third kappa shape index (κ3) is 11.8. The number of fused-ring (bicyclic) bond motifs is 14. The monoisotopic (exact) mass is 1470 g/mol. The van der Waals surface area contributed by atoms with Crippen LogP contribution in [-0.2, 0) is 37.9 Å². The lowest BCUT2D eigenvalue weighted by molar-refractivity contribution is 0.568. The molecule has 0 bridgehead atoms. The quantitative estimate of drug-likeness (QED) is 0.148. The van der Waals surface area contributed by atoms with Crippen molar-refractivity contribution in [3.05, 3.63) is 300 Å². The number of hydrogen-bond acceptors (Lipinski definition) is 2. The lowest BCUT2D eigenvalue weighted by Crippen LogP contribution is -2.61. The second-order valence-electron chi connectivity index (χ2n) is 39.0. The molecule has 16 aromatic rings. The van der Waals surface area contributed by atoms with Gasteiger partial charge in [0.25, 0.3) is 6.71 Å². The summed E-state index contributed by atoms with van der Waals surface area (Å²) >= 11 is 0. The summed E-state index contributed by atoms with van der Waals surface area (Å²) < 4.78 is 82.8. The fourth-order valence-corrected chi connectivity index (χ4v) is 17.7. The van der Waals surface area contributed by atoms with E-state index >= 15 is 0 Å². The van der Waals surface area contributed by atoms with E-state index in [2.05, 4.69) is 371 Å². The minimum Gasteiger partial charge on any atom is -0.311 e. The predicted molar refractivity (Wildman–Crippen MR) is 485 cm³/mol. The van der Waals surface area contributed by atoms with Crippen molar-refractivity contribution in [3.8, 4) is 39.3 Å². The van der Waals surface area contributed by atoms with Crippen molar-refractivity contribution in [2.24, 2.45) is 0 Å². The lowest BCUT2D eigenvalue weighted by atomic mass is 9.33. The summed E-state index contributed by atoms with van der Waals surface area (Å²) in [5.74, 6) is 0. The van der Waals surface area contributed by atoms with Gasteiger partial charge in [-0.1, -0.05) is 303 Å². The second kappa shape index (κ2) is 25.2. The molecule has 0 saturated heterocycles. The normalized spacial score (nSPS) is 14.7. The van der Waals surface area contributed by atoms with E-state index in [0.717, 1.165) is 139 Å². The van der Waals surface area contributed by atoms with Crippen molar-refractivity contribution in [2.75, 3.05) is 9.80 Å². The highest BCUT2D eigenvalue weighted by atomic mass is 15.2. The molecule has 2 aliphatic heterocycles. The minimum absolute atomic E-state index is 0.0218. The highest BCUT2D eigenvalue weighted by Gasteiger charge is 2.46. The minimum atomic E-state index is -0.492. The highest BCUT2D eigenvalue weighted by Crippen LogP contribution is 2.54. The first-order valence-corrected chi connectivity index (χ1v) is 40.0. The van der Waals surface area contributed by atoms with Crippen molar-refractivity contribution < 1.29 is 11.0 Å². The van der Waals surface area contributed by atoms with Crippen molar-refractivity contribution in [1.82, 2.24) is 13.7 Å². The van der Waals surface area contributed by atoms with Gasteiger partial charge in [0.2, 0.25) is 0 Å². The zero-order valence-corrected chi connectivity index (χ0v) is 69.0. The highest BCUT2D eigenvalue weighted by molar-refractivity contribution is 7.00. The van der Waals surface area contributed by atoms with E-state index in [4.69, 9.17) is 2.74 Å². The number of para-hydroxylation sites is 5. The van der Waals surface area contributed by atoms with E-state index in [-0.39, 0.29) is 78.5 Å². The van der Waals surface area contributed by atoms with Crippen LogP contribution in [0.25, 0.3) is 105 Å². The Balaban J connectivity index is 1.03. The molecule has 13 aromatic carbocycles. The van der Waals surface area contributed by atoms with Gasteiger partial charge in [-0.3, -0.25) is 0 Å². The number of benzene rings is 13. The Kier molecular flexibility index (Phi) is 14.3. The Hall–Kier alpha value is -11.1. The average molecular weight is 1470 g/mol. The molecule has 112 heavy (non-hydrogen) atoms. The van der Waals surface area contributed by atoms with E-state index < -0.39 is 36.3 Å². The number of hydrogen-bond donors (Lipinski definition) is 0. The largest absolute Gasteiger partial charge is 0.311 e. The van der Waals surface area contributed by atoms with Gasteiger partial charge in [-0.25, -0.2) is 0 Å². The van der Waals surface area contributed by atoms with Crippen LogP contribution >= 0.6 is 0 Å². The molecule has 0 radical (unpaired) electrons. The molecule has 0 N–H and O–H groups in total. The number of aromatic nitrogens is 3. The first-order valence-electron chi connectivity index (χ1n) is 44.0. The molecule has 5 heterocycles. The van der Waals surface area contributed by atoms with Gasteiger partial charge in [0.05, 0.1) is 55.4 Å². The first-order chi connectivity index (χ1) is 56.3. The van der Waals surface area contributed by atoms with Gasteiger partial charge in [-0.15, -0.1) is 0 Å². The van der Waals surface area contributed by atoms with Crippen LogP contribution in [-0.4, -0.2) is 20.4 Å². The first kappa shape index (κ1) is 63.6. The van der Waals surface area contributed by atoms with Crippen LogP contribution in [0.15, 0.2) is 261 Å². The molecule has 0 unspecified atom stereocenters. The number of anilines is 6. The number of nitrogens with zero attached hydrogens (tertiary/aromatic N) is 5. The molecule has 18 rings (SSSR count). The van der Waals surface area contributed by atoms with Crippen LogP contribution in [0.3, 0.4) is 0 Å². The van der Waals surface area contributed by atoms with Crippen molar-refractivity contribution in [2.45, 2.75) is 183 Å². The lowest BCUT2D eigenvalue weighted by Gasteiger charge is -2.46. The van der Waals surface area contributed by atoms with Gasteiger partial charge in [0.1, 0.15) is 0 Å². The Labute approximate surface area is 675 Å². The topological polar surface area (TPSA) is 21.3 Å². The van der Waals surface area contributed by atoms with Crippen LogP contribution in [0.4, 0.5) is 34.1 Å². The van der Waals surface area contributed by atoms with E-state index in [1.54, 1.807) is 4.57 Å². The Morgan fingerprint density at radius 2 is 0.652 bits per heavy atom. The average Bonchev–Trinajstić information content (AvgIpc) is 1.06. The van der Waals surface area contributed by atoms with Gasteiger partial charge in [0.15, 0.2) is 0 Å². The maximum Gasteiger partial charge on any atom is 0.252 e. The van der Waals surface area contributed by atoms with E-state index in [9.17, 15) is 8.22 Å². The van der Waals surface area contributed by atoms with Crippen molar-refractivity contribution >= 4 is 123 Å². The predicted octanol–water partition coefficient (Wildman–Crippen LogP) is 27.5. The van der Waals surface area contributed by atoms with Crippen LogP contribution in [0, 0.1) is 0 Å². The van der Waals surface area contributed by atoms with Crippen molar-refractivity contribution in [3.63, 3.8) is 0 Å². The van der Waals surface area contributed by atoms with E-state index in [1.165, 1.54) is 27.8 Å². The molecule has 558 valence electrons. The van der Waals surface area contributed by atoms with Crippen LogP contribution < -0.4 is 26.2 Å². The van der Waals surface area contributed by atoms with Crippen LogP contribution in [0.5, 0.6) is 0 Å². The van der Waals surface area contributed by atoms with Crippen LogP contribution in [0.1, 0.15) is 195 Å². The summed E-state index contributed by atoms with van der Waals surface area (Å²) in [5.41, 5.74) is 26.5. The van der Waals surface area contributed by atoms with Gasteiger partial charge in [-0.05, 0) is 207 Å². The number of rotatable bonds is 7.